The first-order valence-corrected chi connectivity index (χ1v) is 10.1. The molecule has 0 atom stereocenters. The smallest absolute Gasteiger partial charge is 0.267 e. The molecular formula is C26H23N3O. The molecule has 0 spiro atoms. The molecular weight excluding hydrogens is 370 g/mol. The highest BCUT2D eigenvalue weighted by atomic mass is 16.2. The second-order valence-corrected chi connectivity index (χ2v) is 7.06. The van der Waals surface area contributed by atoms with E-state index < -0.39 is 0 Å². The fourth-order valence-electron chi connectivity index (χ4n) is 3.33. The van der Waals surface area contributed by atoms with Crippen LogP contribution in [0, 0.1) is 0 Å². The van der Waals surface area contributed by atoms with E-state index in [-0.39, 0.29) is 5.91 Å². The molecule has 4 heteroatoms. The number of aromatic nitrogens is 1. The molecule has 1 aromatic heterocycles. The van der Waals surface area contributed by atoms with Crippen LogP contribution in [0.1, 0.15) is 30.1 Å². The van der Waals surface area contributed by atoms with Crippen LogP contribution < -0.4 is 5.43 Å². The van der Waals surface area contributed by atoms with Crippen molar-refractivity contribution in [2.75, 3.05) is 0 Å². The lowest BCUT2D eigenvalue weighted by Gasteiger charge is -2.10. The van der Waals surface area contributed by atoms with Gasteiger partial charge in [-0.25, -0.2) is 10.4 Å². The zero-order valence-corrected chi connectivity index (χ0v) is 16.9. The van der Waals surface area contributed by atoms with Gasteiger partial charge in [0, 0.05) is 17.2 Å². The molecule has 4 aromatic rings. The number of hydrogen-bond donors (Lipinski definition) is 1. The number of para-hydroxylation sites is 1. The molecule has 0 unspecified atom stereocenters. The van der Waals surface area contributed by atoms with E-state index in [4.69, 9.17) is 4.98 Å². The van der Waals surface area contributed by atoms with Crippen molar-refractivity contribution in [2.45, 2.75) is 19.8 Å². The van der Waals surface area contributed by atoms with Crippen LogP contribution in [0.2, 0.25) is 0 Å². The predicted octanol–water partition coefficient (Wildman–Crippen LogP) is 6.08. The van der Waals surface area contributed by atoms with Crippen molar-refractivity contribution in [1.29, 1.82) is 0 Å². The Morgan fingerprint density at radius 2 is 1.57 bits per heavy atom. The summed E-state index contributed by atoms with van der Waals surface area (Å²) in [6.45, 7) is 2.07. The van der Waals surface area contributed by atoms with Crippen molar-refractivity contribution >= 4 is 23.0 Å². The fourth-order valence-corrected chi connectivity index (χ4v) is 3.33. The second kappa shape index (κ2) is 9.14. The normalized spacial score (nSPS) is 11.1. The van der Waals surface area contributed by atoms with E-state index >= 15 is 0 Å². The Morgan fingerprint density at radius 1 is 0.900 bits per heavy atom. The van der Waals surface area contributed by atoms with Gasteiger partial charge in [-0.2, -0.15) is 5.10 Å². The standard InChI is InChI=1S/C26H23N3O/c1-2-3-17-27-29-26(30)23-18-25(28-24-12-8-7-11-22(23)24)21-15-13-20(14-16-21)19-9-5-4-6-10-19/h4-18H,2-3H2,1H3,(H,29,30). The maximum atomic E-state index is 12.8. The van der Waals surface area contributed by atoms with Crippen molar-refractivity contribution < 1.29 is 4.79 Å². The van der Waals surface area contributed by atoms with Gasteiger partial charge in [0.25, 0.3) is 5.91 Å². The predicted molar refractivity (Wildman–Crippen MR) is 123 cm³/mol. The SMILES string of the molecule is CCCC=NNC(=O)c1cc(-c2ccc(-c3ccccc3)cc2)nc2ccccc12. The number of pyridine rings is 1. The fraction of sp³-hybridized carbons (Fsp3) is 0.115. The summed E-state index contributed by atoms with van der Waals surface area (Å²) in [5.41, 5.74) is 8.02. The van der Waals surface area contributed by atoms with Gasteiger partial charge >= 0.3 is 0 Å². The molecule has 0 saturated heterocycles. The number of hydrazone groups is 1. The lowest BCUT2D eigenvalue weighted by molar-refractivity contribution is 0.0956. The number of carbonyl (C=O) groups excluding carboxylic acids is 1. The molecule has 148 valence electrons. The van der Waals surface area contributed by atoms with Crippen molar-refractivity contribution in [2.24, 2.45) is 5.10 Å². The molecule has 0 aliphatic carbocycles. The van der Waals surface area contributed by atoms with E-state index in [0.717, 1.165) is 40.6 Å². The van der Waals surface area contributed by atoms with E-state index in [9.17, 15) is 4.79 Å². The highest BCUT2D eigenvalue weighted by Crippen LogP contribution is 2.27. The zero-order valence-electron chi connectivity index (χ0n) is 16.9. The lowest BCUT2D eigenvalue weighted by Crippen LogP contribution is -2.18. The average Bonchev–Trinajstić information content (AvgIpc) is 2.81. The topological polar surface area (TPSA) is 54.4 Å². The molecule has 30 heavy (non-hydrogen) atoms. The summed E-state index contributed by atoms with van der Waals surface area (Å²) in [6.07, 6.45) is 3.54. The Bertz CT molecular complexity index is 1180. The molecule has 0 saturated carbocycles. The van der Waals surface area contributed by atoms with Gasteiger partial charge in [0.2, 0.25) is 0 Å². The van der Waals surface area contributed by atoms with Gasteiger partial charge in [0.05, 0.1) is 16.8 Å². The quantitative estimate of drug-likeness (QED) is 0.319. The Kier molecular flexibility index (Phi) is 5.95. The maximum absolute atomic E-state index is 12.8. The van der Waals surface area contributed by atoms with Gasteiger partial charge < -0.3 is 0 Å². The van der Waals surface area contributed by atoms with Crippen LogP contribution in [-0.4, -0.2) is 17.1 Å². The number of hydrogen-bond acceptors (Lipinski definition) is 3. The Balaban J connectivity index is 1.70. The number of rotatable bonds is 6. The average molecular weight is 393 g/mol. The molecule has 0 bridgehead atoms. The molecule has 1 heterocycles. The van der Waals surface area contributed by atoms with Crippen LogP contribution in [-0.2, 0) is 0 Å². The van der Waals surface area contributed by atoms with Crippen molar-refractivity contribution in [1.82, 2.24) is 10.4 Å². The summed E-state index contributed by atoms with van der Waals surface area (Å²) in [5, 5.41) is 4.86. The first-order valence-electron chi connectivity index (χ1n) is 10.1. The lowest BCUT2D eigenvalue weighted by atomic mass is 10.0. The number of amides is 1. The van der Waals surface area contributed by atoms with Crippen molar-refractivity contribution in [3.05, 3.63) is 90.5 Å². The van der Waals surface area contributed by atoms with Gasteiger partial charge in [-0.15, -0.1) is 0 Å². The first kappa shape index (κ1) is 19.5. The van der Waals surface area contributed by atoms with E-state index in [2.05, 4.69) is 41.7 Å². The van der Waals surface area contributed by atoms with E-state index in [1.807, 2.05) is 60.7 Å². The summed E-state index contributed by atoms with van der Waals surface area (Å²) in [7, 11) is 0. The van der Waals surface area contributed by atoms with E-state index in [1.54, 1.807) is 6.21 Å². The van der Waals surface area contributed by atoms with Gasteiger partial charge in [-0.3, -0.25) is 4.79 Å². The first-order chi connectivity index (χ1) is 14.8. The van der Waals surface area contributed by atoms with E-state index in [0.29, 0.717) is 5.56 Å². The van der Waals surface area contributed by atoms with Crippen LogP contribution in [0.4, 0.5) is 0 Å². The number of carbonyl (C=O) groups is 1. The molecule has 0 aliphatic rings. The molecule has 1 amide bonds. The molecule has 3 aromatic carbocycles. The second-order valence-electron chi connectivity index (χ2n) is 7.06. The van der Waals surface area contributed by atoms with Crippen LogP contribution in [0.3, 0.4) is 0 Å². The minimum atomic E-state index is -0.233. The Labute approximate surface area is 176 Å². The Morgan fingerprint density at radius 3 is 2.33 bits per heavy atom. The van der Waals surface area contributed by atoms with Gasteiger partial charge in [-0.05, 0) is 29.7 Å². The van der Waals surface area contributed by atoms with Crippen LogP contribution in [0.25, 0.3) is 33.3 Å². The molecule has 0 fully saturated rings. The van der Waals surface area contributed by atoms with Crippen molar-refractivity contribution in [3.63, 3.8) is 0 Å². The molecule has 0 aliphatic heterocycles. The summed E-state index contributed by atoms with van der Waals surface area (Å²) in [6, 6.07) is 28.0. The highest BCUT2D eigenvalue weighted by molar-refractivity contribution is 6.07. The van der Waals surface area contributed by atoms with Gasteiger partial charge in [-0.1, -0.05) is 86.1 Å². The van der Waals surface area contributed by atoms with Gasteiger partial charge in [0.15, 0.2) is 0 Å². The third kappa shape index (κ3) is 4.28. The van der Waals surface area contributed by atoms with Gasteiger partial charge in [0.1, 0.15) is 0 Å². The number of unbranched alkanes of at least 4 members (excludes halogenated alkanes) is 1. The van der Waals surface area contributed by atoms with Crippen molar-refractivity contribution in [3.8, 4) is 22.4 Å². The highest BCUT2D eigenvalue weighted by Gasteiger charge is 2.13. The summed E-state index contributed by atoms with van der Waals surface area (Å²) < 4.78 is 0. The molecule has 4 nitrogen and oxygen atoms in total. The number of nitrogens with one attached hydrogen (secondary N) is 1. The maximum Gasteiger partial charge on any atom is 0.272 e. The monoisotopic (exact) mass is 393 g/mol. The number of benzene rings is 3. The Hall–Kier alpha value is -3.79. The number of nitrogens with zero attached hydrogens (tertiary/aromatic N) is 2. The van der Waals surface area contributed by atoms with Crippen LogP contribution >= 0.6 is 0 Å². The minimum Gasteiger partial charge on any atom is -0.267 e. The van der Waals surface area contributed by atoms with Crippen LogP contribution in [0.5, 0.6) is 0 Å². The van der Waals surface area contributed by atoms with Crippen LogP contribution in [0.15, 0.2) is 90.0 Å². The summed E-state index contributed by atoms with van der Waals surface area (Å²) in [4.78, 5) is 17.6. The summed E-state index contributed by atoms with van der Waals surface area (Å²) >= 11 is 0. The van der Waals surface area contributed by atoms with E-state index in [1.165, 1.54) is 5.56 Å². The summed E-state index contributed by atoms with van der Waals surface area (Å²) in [5.74, 6) is -0.233. The molecule has 4 rings (SSSR count). The zero-order chi connectivity index (χ0) is 20.8. The largest absolute Gasteiger partial charge is 0.272 e. The molecule has 1 N–H and O–H groups in total. The third-order valence-electron chi connectivity index (χ3n) is 4.92. The third-order valence-corrected chi connectivity index (χ3v) is 4.92. The minimum absolute atomic E-state index is 0.233. The molecule has 0 radical (unpaired) electrons. The number of fused-ring (bicyclic) bond motifs is 1.